The maximum Gasteiger partial charge on any atom is 0.234 e. The lowest BCUT2D eigenvalue weighted by atomic mass is 10.2. The second kappa shape index (κ2) is 9.89. The standard InChI is InChI=1S/C21H26N4OS2/c1-4-6-18-12-16(13-27-18)20-23-24-21(25(20)11-5-2)28-14-19(26)22-17-9-7-15(3)8-10-17/h7-10,12-13H,4-6,11,14H2,1-3H3,(H,22,26). The fraction of sp³-hybridized carbons (Fsp3) is 0.381. The topological polar surface area (TPSA) is 59.8 Å². The molecule has 0 aliphatic rings. The molecule has 148 valence electrons. The summed E-state index contributed by atoms with van der Waals surface area (Å²) in [4.78, 5) is 13.7. The Morgan fingerprint density at radius 1 is 1.18 bits per heavy atom. The number of benzene rings is 1. The van der Waals surface area contributed by atoms with Gasteiger partial charge >= 0.3 is 0 Å². The number of thiophene rings is 1. The second-order valence-corrected chi connectivity index (χ2v) is 8.65. The highest BCUT2D eigenvalue weighted by molar-refractivity contribution is 7.99. The van der Waals surface area contributed by atoms with E-state index in [1.165, 1.54) is 22.2 Å². The third-order valence-corrected chi connectivity index (χ3v) is 6.20. The smallest absolute Gasteiger partial charge is 0.234 e. The summed E-state index contributed by atoms with van der Waals surface area (Å²) < 4.78 is 2.13. The number of carbonyl (C=O) groups is 1. The molecule has 3 rings (SSSR count). The van der Waals surface area contributed by atoms with Crippen molar-refractivity contribution in [3.05, 3.63) is 46.2 Å². The first-order valence-corrected chi connectivity index (χ1v) is 11.5. The van der Waals surface area contributed by atoms with E-state index in [4.69, 9.17) is 0 Å². The molecule has 5 nitrogen and oxygen atoms in total. The summed E-state index contributed by atoms with van der Waals surface area (Å²) in [6.07, 6.45) is 3.21. The van der Waals surface area contributed by atoms with Crippen molar-refractivity contribution in [1.82, 2.24) is 14.8 Å². The van der Waals surface area contributed by atoms with Gasteiger partial charge in [-0.05, 0) is 38.0 Å². The van der Waals surface area contributed by atoms with Gasteiger partial charge in [-0.15, -0.1) is 21.5 Å². The van der Waals surface area contributed by atoms with Crippen molar-refractivity contribution in [2.45, 2.75) is 51.7 Å². The largest absolute Gasteiger partial charge is 0.325 e. The first kappa shape index (κ1) is 20.6. The molecule has 28 heavy (non-hydrogen) atoms. The number of hydrogen-bond donors (Lipinski definition) is 1. The second-order valence-electron chi connectivity index (χ2n) is 6.71. The van der Waals surface area contributed by atoms with E-state index in [2.05, 4.69) is 45.4 Å². The van der Waals surface area contributed by atoms with Crippen molar-refractivity contribution in [2.75, 3.05) is 11.1 Å². The molecule has 0 saturated heterocycles. The van der Waals surface area contributed by atoms with E-state index in [1.54, 1.807) is 11.3 Å². The van der Waals surface area contributed by atoms with Crippen LogP contribution in [0.15, 0.2) is 40.9 Å². The molecule has 1 N–H and O–H groups in total. The van der Waals surface area contributed by atoms with Crippen LogP contribution in [0.25, 0.3) is 11.4 Å². The van der Waals surface area contributed by atoms with Crippen molar-refractivity contribution in [3.8, 4) is 11.4 Å². The molecule has 0 fully saturated rings. The van der Waals surface area contributed by atoms with Crippen LogP contribution in [0.4, 0.5) is 5.69 Å². The van der Waals surface area contributed by atoms with Crippen LogP contribution in [0.2, 0.25) is 0 Å². The Morgan fingerprint density at radius 2 is 1.96 bits per heavy atom. The fourth-order valence-corrected chi connectivity index (χ4v) is 4.61. The van der Waals surface area contributed by atoms with Crippen LogP contribution in [0, 0.1) is 6.92 Å². The summed E-state index contributed by atoms with van der Waals surface area (Å²) in [6.45, 7) is 7.19. The van der Waals surface area contributed by atoms with E-state index in [-0.39, 0.29) is 5.91 Å². The summed E-state index contributed by atoms with van der Waals surface area (Å²) >= 11 is 3.20. The molecule has 0 saturated carbocycles. The van der Waals surface area contributed by atoms with Gasteiger partial charge in [-0.2, -0.15) is 0 Å². The lowest BCUT2D eigenvalue weighted by molar-refractivity contribution is -0.113. The van der Waals surface area contributed by atoms with E-state index < -0.39 is 0 Å². The minimum absolute atomic E-state index is 0.0396. The summed E-state index contributed by atoms with van der Waals surface area (Å²) in [5.41, 5.74) is 3.10. The Balaban J connectivity index is 1.68. The molecule has 0 unspecified atom stereocenters. The normalized spacial score (nSPS) is 11.0. The predicted octanol–water partition coefficient (Wildman–Crippen LogP) is 5.41. The van der Waals surface area contributed by atoms with Gasteiger partial charge in [0.2, 0.25) is 5.91 Å². The van der Waals surface area contributed by atoms with Gasteiger partial charge in [0, 0.05) is 28.1 Å². The molecule has 0 aliphatic heterocycles. The van der Waals surface area contributed by atoms with Crippen LogP contribution in [-0.2, 0) is 17.8 Å². The maximum absolute atomic E-state index is 12.3. The third kappa shape index (κ3) is 5.23. The van der Waals surface area contributed by atoms with Gasteiger partial charge in [-0.1, -0.05) is 49.7 Å². The van der Waals surface area contributed by atoms with Gasteiger partial charge in [-0.3, -0.25) is 4.79 Å². The molecule has 2 heterocycles. The monoisotopic (exact) mass is 414 g/mol. The molecular weight excluding hydrogens is 388 g/mol. The van der Waals surface area contributed by atoms with Crippen LogP contribution in [0.1, 0.15) is 37.1 Å². The van der Waals surface area contributed by atoms with E-state index in [0.717, 1.165) is 48.0 Å². The molecule has 1 aromatic carbocycles. The summed E-state index contributed by atoms with van der Waals surface area (Å²) in [6, 6.07) is 10.0. The minimum atomic E-state index is -0.0396. The van der Waals surface area contributed by atoms with Gasteiger partial charge in [0.25, 0.3) is 0 Å². The highest BCUT2D eigenvalue weighted by atomic mass is 32.2. The molecule has 0 bridgehead atoms. The molecule has 2 aromatic heterocycles. The predicted molar refractivity (Wildman–Crippen MR) is 118 cm³/mol. The molecule has 1 amide bonds. The van der Waals surface area contributed by atoms with Gasteiger partial charge in [-0.25, -0.2) is 0 Å². The highest BCUT2D eigenvalue weighted by Gasteiger charge is 2.16. The first-order valence-electron chi connectivity index (χ1n) is 9.61. The number of rotatable bonds is 9. The molecular formula is C21H26N4OS2. The van der Waals surface area contributed by atoms with E-state index in [9.17, 15) is 4.79 Å². The van der Waals surface area contributed by atoms with Gasteiger partial charge in [0.15, 0.2) is 11.0 Å². The average Bonchev–Trinajstić information content (AvgIpc) is 3.29. The van der Waals surface area contributed by atoms with E-state index in [0.29, 0.717) is 5.75 Å². The molecule has 3 aromatic rings. The van der Waals surface area contributed by atoms with Crippen molar-refractivity contribution in [2.24, 2.45) is 0 Å². The van der Waals surface area contributed by atoms with Crippen LogP contribution >= 0.6 is 23.1 Å². The summed E-state index contributed by atoms with van der Waals surface area (Å²) in [5.74, 6) is 1.16. The fourth-order valence-electron chi connectivity index (χ4n) is 2.87. The zero-order chi connectivity index (χ0) is 19.9. The number of carbonyl (C=O) groups excluding carboxylic acids is 1. The Kier molecular flexibility index (Phi) is 7.28. The Bertz CT molecular complexity index is 915. The van der Waals surface area contributed by atoms with E-state index >= 15 is 0 Å². The Labute approximate surface area is 174 Å². The lowest BCUT2D eigenvalue weighted by Gasteiger charge is -2.08. The molecule has 0 aliphatic carbocycles. The van der Waals surface area contributed by atoms with Crippen molar-refractivity contribution < 1.29 is 4.79 Å². The zero-order valence-corrected chi connectivity index (χ0v) is 18.2. The Hall–Kier alpha value is -2.12. The number of aromatic nitrogens is 3. The van der Waals surface area contributed by atoms with Crippen LogP contribution in [0.3, 0.4) is 0 Å². The van der Waals surface area contributed by atoms with Crippen LogP contribution in [0.5, 0.6) is 0 Å². The highest BCUT2D eigenvalue weighted by Crippen LogP contribution is 2.28. The van der Waals surface area contributed by atoms with Crippen molar-refractivity contribution in [1.29, 1.82) is 0 Å². The van der Waals surface area contributed by atoms with Gasteiger partial charge < -0.3 is 9.88 Å². The molecule has 7 heteroatoms. The number of thioether (sulfide) groups is 1. The molecule has 0 radical (unpaired) electrons. The molecule has 0 atom stereocenters. The zero-order valence-electron chi connectivity index (χ0n) is 16.6. The SMILES string of the molecule is CCCc1cc(-c2nnc(SCC(=O)Nc3ccc(C)cc3)n2CCC)cs1. The number of aryl methyl sites for hydroxylation is 2. The lowest BCUT2D eigenvalue weighted by Crippen LogP contribution is -2.14. The minimum Gasteiger partial charge on any atom is -0.325 e. The van der Waals surface area contributed by atoms with Crippen LogP contribution < -0.4 is 5.32 Å². The van der Waals surface area contributed by atoms with Crippen molar-refractivity contribution >= 4 is 34.7 Å². The number of anilines is 1. The number of hydrogen-bond acceptors (Lipinski definition) is 5. The number of nitrogens with zero attached hydrogens (tertiary/aromatic N) is 3. The number of amides is 1. The third-order valence-electron chi connectivity index (χ3n) is 4.24. The molecule has 0 spiro atoms. The van der Waals surface area contributed by atoms with E-state index in [1.807, 2.05) is 31.2 Å². The van der Waals surface area contributed by atoms with Gasteiger partial charge in [0.05, 0.1) is 5.75 Å². The maximum atomic E-state index is 12.3. The average molecular weight is 415 g/mol. The first-order chi connectivity index (χ1) is 13.6. The quantitative estimate of drug-likeness (QED) is 0.476. The Morgan fingerprint density at radius 3 is 2.68 bits per heavy atom. The summed E-state index contributed by atoms with van der Waals surface area (Å²) in [5, 5.41) is 14.6. The van der Waals surface area contributed by atoms with Crippen LogP contribution in [-0.4, -0.2) is 26.4 Å². The number of nitrogens with one attached hydrogen (secondary N) is 1. The van der Waals surface area contributed by atoms with Gasteiger partial charge in [0.1, 0.15) is 0 Å². The summed E-state index contributed by atoms with van der Waals surface area (Å²) in [7, 11) is 0. The van der Waals surface area contributed by atoms with Crippen molar-refractivity contribution in [3.63, 3.8) is 0 Å².